The average molecular weight is 120 g/mol. The van der Waals surface area contributed by atoms with Gasteiger partial charge in [-0.05, 0) is 12.8 Å². The van der Waals surface area contributed by atoms with E-state index in [0.29, 0.717) is 0 Å². The predicted molar refractivity (Wildman–Crippen MR) is 29.9 cm³/mol. The summed E-state index contributed by atoms with van der Waals surface area (Å²) in [5, 5.41) is 0. The van der Waals surface area contributed by atoms with Gasteiger partial charge in [-0.3, -0.25) is 4.79 Å². The van der Waals surface area contributed by atoms with Gasteiger partial charge in [0.05, 0.1) is 0 Å². The maximum Gasteiger partial charge on any atom is 0.293 e. The largest absolute Gasteiger partial charge is 0.359 e. The van der Waals surface area contributed by atoms with E-state index in [2.05, 4.69) is 17.6 Å². The molecule has 0 aliphatic heterocycles. The zero-order chi connectivity index (χ0) is 4.99. The summed E-state index contributed by atoms with van der Waals surface area (Å²) in [7, 11) is 0. The lowest BCUT2D eigenvalue weighted by Gasteiger charge is -1.64. The molecular weight excluding hydrogens is 114 g/mol. The molecule has 0 saturated carbocycles. The Hall–Kier alpha value is -0.680. The molecule has 3 heteroatoms. The fourth-order valence-corrected chi connectivity index (χ4v) is 0.123. The lowest BCUT2D eigenvalue weighted by Crippen LogP contribution is -2.05. The molecule has 0 fully saturated rings. The molecular formula is C4H6ClNO. The van der Waals surface area contributed by atoms with Crippen molar-refractivity contribution in [2.24, 2.45) is 5.73 Å². The number of primary amides is 1. The Morgan fingerprint density at radius 2 is 2.14 bits per heavy atom. The minimum absolute atomic E-state index is 0. The molecule has 0 bridgehead atoms. The molecule has 2 N–H and O–H groups in total. The minimum atomic E-state index is -0.572. The number of hydrogen-bond donors (Lipinski definition) is 1. The first kappa shape index (κ1) is 9.58. The lowest BCUT2D eigenvalue weighted by atomic mass is 10.6. The van der Waals surface area contributed by atoms with E-state index in [1.54, 1.807) is 6.92 Å². The van der Waals surface area contributed by atoms with E-state index < -0.39 is 5.91 Å². The van der Waals surface area contributed by atoms with Gasteiger partial charge in [0.2, 0.25) is 0 Å². The number of rotatable bonds is 0. The van der Waals surface area contributed by atoms with Gasteiger partial charge in [0.15, 0.2) is 0 Å². The topological polar surface area (TPSA) is 43.1 Å². The Kier molecular flexibility index (Phi) is 7.28. The Balaban J connectivity index is 0. The third-order valence-electron chi connectivity index (χ3n) is 0.248. The van der Waals surface area contributed by atoms with Crippen LogP contribution in [0.5, 0.6) is 0 Å². The van der Waals surface area contributed by atoms with Gasteiger partial charge in [-0.15, -0.1) is 12.4 Å². The molecule has 0 radical (unpaired) electrons. The summed E-state index contributed by atoms with van der Waals surface area (Å²) in [4.78, 5) is 9.65. The molecule has 0 aromatic carbocycles. The highest BCUT2D eigenvalue weighted by Crippen LogP contribution is 1.46. The van der Waals surface area contributed by atoms with Crippen LogP contribution in [0.2, 0.25) is 0 Å². The molecule has 40 valence electrons. The van der Waals surface area contributed by atoms with Crippen molar-refractivity contribution in [1.29, 1.82) is 0 Å². The molecule has 0 spiro atoms. The fraction of sp³-hybridized carbons (Fsp3) is 0.250. The maximum absolute atomic E-state index is 9.65. The van der Waals surface area contributed by atoms with Crippen molar-refractivity contribution in [2.45, 2.75) is 6.92 Å². The normalized spacial score (nSPS) is 4.71. The predicted octanol–water partition coefficient (Wildman–Crippen LogP) is -0.0832. The van der Waals surface area contributed by atoms with E-state index in [1.807, 2.05) is 0 Å². The van der Waals surface area contributed by atoms with Crippen LogP contribution in [0.15, 0.2) is 0 Å². The maximum atomic E-state index is 9.65. The van der Waals surface area contributed by atoms with E-state index in [-0.39, 0.29) is 12.4 Å². The number of hydrogen-bond acceptors (Lipinski definition) is 1. The lowest BCUT2D eigenvalue weighted by molar-refractivity contribution is -0.112. The first-order valence-electron chi connectivity index (χ1n) is 1.49. The second-order valence-electron chi connectivity index (χ2n) is 0.739. The van der Waals surface area contributed by atoms with E-state index in [9.17, 15) is 4.79 Å². The van der Waals surface area contributed by atoms with Gasteiger partial charge in [-0.25, -0.2) is 0 Å². The first-order valence-corrected chi connectivity index (χ1v) is 1.49. The van der Waals surface area contributed by atoms with E-state index in [4.69, 9.17) is 0 Å². The van der Waals surface area contributed by atoms with Crippen molar-refractivity contribution < 1.29 is 4.79 Å². The van der Waals surface area contributed by atoms with Gasteiger partial charge in [0, 0.05) is 0 Å². The van der Waals surface area contributed by atoms with E-state index in [0.717, 1.165) is 0 Å². The third-order valence-corrected chi connectivity index (χ3v) is 0.248. The number of nitrogens with two attached hydrogens (primary N) is 1. The van der Waals surface area contributed by atoms with Crippen molar-refractivity contribution in [1.82, 2.24) is 0 Å². The molecule has 0 aromatic rings. The van der Waals surface area contributed by atoms with E-state index in [1.165, 1.54) is 0 Å². The van der Waals surface area contributed by atoms with Gasteiger partial charge in [0.25, 0.3) is 5.91 Å². The zero-order valence-electron chi connectivity index (χ0n) is 3.89. The van der Waals surface area contributed by atoms with Crippen LogP contribution in [0.3, 0.4) is 0 Å². The van der Waals surface area contributed by atoms with Crippen LogP contribution < -0.4 is 5.73 Å². The van der Waals surface area contributed by atoms with Crippen LogP contribution in [0, 0.1) is 11.8 Å². The minimum Gasteiger partial charge on any atom is -0.359 e. The summed E-state index contributed by atoms with van der Waals surface area (Å²) in [5.74, 6) is 3.87. The molecule has 0 aromatic heterocycles. The van der Waals surface area contributed by atoms with Crippen LogP contribution in [-0.4, -0.2) is 5.91 Å². The van der Waals surface area contributed by atoms with Crippen LogP contribution in [0.4, 0.5) is 0 Å². The summed E-state index contributed by atoms with van der Waals surface area (Å²) in [5.41, 5.74) is 4.59. The molecule has 7 heavy (non-hydrogen) atoms. The average Bonchev–Trinajstić information content (AvgIpc) is 1.35. The molecule has 1 amide bonds. The molecule has 0 rings (SSSR count). The Labute approximate surface area is 48.5 Å². The van der Waals surface area contributed by atoms with E-state index >= 15 is 0 Å². The molecule has 0 atom stereocenters. The molecule has 0 saturated heterocycles. The van der Waals surface area contributed by atoms with Crippen LogP contribution >= 0.6 is 12.4 Å². The summed E-state index contributed by atoms with van der Waals surface area (Å²) in [6.45, 7) is 1.56. The second kappa shape index (κ2) is 5.32. The molecule has 0 heterocycles. The second-order valence-corrected chi connectivity index (χ2v) is 0.739. The molecule has 2 nitrogen and oxygen atoms in total. The van der Waals surface area contributed by atoms with Crippen molar-refractivity contribution >= 4 is 18.3 Å². The highest BCUT2D eigenvalue weighted by atomic mass is 35.5. The Bertz CT molecular complexity index is 111. The highest BCUT2D eigenvalue weighted by molar-refractivity contribution is 5.91. The number of carbonyl (C=O) groups is 1. The highest BCUT2D eigenvalue weighted by Gasteiger charge is 1.72. The summed E-state index contributed by atoms with van der Waals surface area (Å²) in [6, 6.07) is 0. The number of halogens is 1. The SMILES string of the molecule is CC#CC(N)=O.Cl. The first-order chi connectivity index (χ1) is 2.77. The smallest absolute Gasteiger partial charge is 0.293 e. The van der Waals surface area contributed by atoms with Gasteiger partial charge >= 0.3 is 0 Å². The standard InChI is InChI=1S/C4H5NO.ClH/c1-2-3-4(5)6;/h1H3,(H2,5,6);1H. The van der Waals surface area contributed by atoms with Crippen LogP contribution in [-0.2, 0) is 4.79 Å². The van der Waals surface area contributed by atoms with Crippen molar-refractivity contribution in [3.8, 4) is 11.8 Å². The van der Waals surface area contributed by atoms with Crippen LogP contribution in [0.1, 0.15) is 6.92 Å². The quantitative estimate of drug-likeness (QED) is 0.446. The van der Waals surface area contributed by atoms with Gasteiger partial charge in [0.1, 0.15) is 0 Å². The zero-order valence-corrected chi connectivity index (χ0v) is 4.71. The van der Waals surface area contributed by atoms with Gasteiger partial charge in [-0.2, -0.15) is 0 Å². The van der Waals surface area contributed by atoms with Crippen molar-refractivity contribution in [3.05, 3.63) is 0 Å². The van der Waals surface area contributed by atoms with Crippen molar-refractivity contribution in [3.63, 3.8) is 0 Å². The molecule has 0 unspecified atom stereocenters. The number of carbonyl (C=O) groups excluding carboxylic acids is 1. The van der Waals surface area contributed by atoms with Gasteiger partial charge < -0.3 is 5.73 Å². The van der Waals surface area contributed by atoms with Crippen LogP contribution in [0.25, 0.3) is 0 Å². The van der Waals surface area contributed by atoms with Crippen molar-refractivity contribution in [2.75, 3.05) is 0 Å². The fourth-order valence-electron chi connectivity index (χ4n) is 0.123. The number of amides is 1. The Morgan fingerprint density at radius 3 is 2.14 bits per heavy atom. The third kappa shape index (κ3) is 10.9. The summed E-state index contributed by atoms with van der Waals surface area (Å²) >= 11 is 0. The Morgan fingerprint density at radius 1 is 1.71 bits per heavy atom. The molecule has 0 aliphatic rings. The monoisotopic (exact) mass is 119 g/mol. The molecule has 0 aliphatic carbocycles. The summed E-state index contributed by atoms with van der Waals surface area (Å²) < 4.78 is 0. The summed E-state index contributed by atoms with van der Waals surface area (Å²) in [6.07, 6.45) is 0. The van der Waals surface area contributed by atoms with Gasteiger partial charge in [-0.1, -0.05) is 5.92 Å².